The smallest absolute Gasteiger partial charge is 0.309 e. The molecule has 4 nitrogen and oxygen atoms in total. The Balaban J connectivity index is 1.08. The molecule has 0 saturated heterocycles. The molecule has 4 heteroatoms. The summed E-state index contributed by atoms with van der Waals surface area (Å²) in [7, 11) is 0. The zero-order valence-electron chi connectivity index (χ0n) is 25.3. The second-order valence-electron chi connectivity index (χ2n) is 12.6. The molecule has 6 rings (SSSR count). The van der Waals surface area contributed by atoms with Gasteiger partial charge in [-0.3, -0.25) is 4.79 Å². The number of rotatable bonds is 11. The van der Waals surface area contributed by atoms with Gasteiger partial charge >= 0.3 is 5.97 Å². The van der Waals surface area contributed by atoms with E-state index in [-0.39, 0.29) is 17.8 Å². The van der Waals surface area contributed by atoms with Crippen LogP contribution >= 0.6 is 0 Å². The van der Waals surface area contributed by atoms with Crippen LogP contribution in [0.5, 0.6) is 11.5 Å². The molecule has 43 heavy (non-hydrogen) atoms. The molecule has 2 atom stereocenters. The molecule has 2 aliphatic rings. The van der Waals surface area contributed by atoms with Gasteiger partial charge in [-0.1, -0.05) is 92.7 Å². The zero-order valence-corrected chi connectivity index (χ0v) is 25.3. The summed E-state index contributed by atoms with van der Waals surface area (Å²) in [5, 5.41) is 0. The minimum Gasteiger partial charge on any atom is -0.493 e. The first-order valence-corrected chi connectivity index (χ1v) is 15.8. The number of hydrogen-bond donors (Lipinski definition) is 0. The standard InChI is InChI=1S/C39H42O4/c1-27(2)24-41-35-18-20-37-32(23-35)15-19-36(30-11-7-4-8-12-30)38(37)31-13-16-34(17-14-31)42-26-29-21-33(22-29)39(40)43-25-28-9-5-3-6-10-28/h3-14,16-18,20,23,27,29,33,36,38H,15,19,21-22,24-26H2,1-2H3/t29?,33?,36-,38+/m1/s1. The molecule has 4 aromatic rings. The SMILES string of the molecule is CC(C)COc1ccc2c(c1)CC[C@H](c1ccccc1)[C@@H]2c1ccc(OCC2CC(C(=O)OCc3ccccc3)C2)cc1. The molecule has 1 fully saturated rings. The van der Waals surface area contributed by atoms with Crippen molar-refractivity contribution < 1.29 is 19.0 Å². The predicted molar refractivity (Wildman–Crippen MR) is 171 cm³/mol. The van der Waals surface area contributed by atoms with Crippen molar-refractivity contribution >= 4 is 5.97 Å². The third-order valence-electron chi connectivity index (χ3n) is 8.91. The lowest BCUT2D eigenvalue weighted by Gasteiger charge is -2.35. The van der Waals surface area contributed by atoms with E-state index in [1.807, 2.05) is 30.3 Å². The first kappa shape index (κ1) is 29.0. The number of esters is 1. The molecule has 0 spiro atoms. The van der Waals surface area contributed by atoms with E-state index < -0.39 is 0 Å². The van der Waals surface area contributed by atoms with Crippen LogP contribution in [-0.2, 0) is 22.6 Å². The summed E-state index contributed by atoms with van der Waals surface area (Å²) >= 11 is 0. The molecule has 0 amide bonds. The van der Waals surface area contributed by atoms with Gasteiger partial charge in [0.05, 0.1) is 19.1 Å². The van der Waals surface area contributed by atoms with Gasteiger partial charge in [-0.25, -0.2) is 0 Å². The van der Waals surface area contributed by atoms with E-state index in [1.54, 1.807) is 0 Å². The summed E-state index contributed by atoms with van der Waals surface area (Å²) in [4.78, 5) is 12.4. The molecule has 4 aromatic carbocycles. The Morgan fingerprint density at radius 1 is 0.791 bits per heavy atom. The number of carbonyl (C=O) groups is 1. The summed E-state index contributed by atoms with van der Waals surface area (Å²) in [6.07, 6.45) is 3.80. The maximum atomic E-state index is 12.4. The monoisotopic (exact) mass is 574 g/mol. The topological polar surface area (TPSA) is 44.8 Å². The molecule has 0 N–H and O–H groups in total. The second-order valence-corrected chi connectivity index (χ2v) is 12.6. The van der Waals surface area contributed by atoms with Crippen LogP contribution in [0.15, 0.2) is 103 Å². The van der Waals surface area contributed by atoms with Crippen molar-refractivity contribution in [1.82, 2.24) is 0 Å². The first-order valence-electron chi connectivity index (χ1n) is 15.8. The Bertz CT molecular complexity index is 1470. The van der Waals surface area contributed by atoms with Crippen molar-refractivity contribution in [2.24, 2.45) is 17.8 Å². The van der Waals surface area contributed by atoms with Crippen LogP contribution < -0.4 is 9.47 Å². The predicted octanol–water partition coefficient (Wildman–Crippen LogP) is 8.73. The fraction of sp³-hybridized carbons (Fsp3) is 0.359. The Kier molecular flexibility index (Phi) is 9.12. The van der Waals surface area contributed by atoms with Gasteiger partial charge in [0.25, 0.3) is 0 Å². The minimum absolute atomic E-state index is 0.0164. The van der Waals surface area contributed by atoms with E-state index in [4.69, 9.17) is 14.2 Å². The summed E-state index contributed by atoms with van der Waals surface area (Å²) in [5.41, 5.74) is 6.50. The van der Waals surface area contributed by atoms with Crippen molar-refractivity contribution in [3.05, 3.63) is 131 Å². The fourth-order valence-corrected chi connectivity index (χ4v) is 6.52. The Morgan fingerprint density at radius 3 is 2.21 bits per heavy atom. The van der Waals surface area contributed by atoms with Crippen LogP contribution in [0.25, 0.3) is 0 Å². The third-order valence-corrected chi connectivity index (χ3v) is 8.91. The van der Waals surface area contributed by atoms with E-state index in [1.165, 1.54) is 22.3 Å². The lowest BCUT2D eigenvalue weighted by atomic mass is 9.69. The highest BCUT2D eigenvalue weighted by molar-refractivity contribution is 5.73. The molecule has 222 valence electrons. The number of carbonyl (C=O) groups excluding carboxylic acids is 1. The van der Waals surface area contributed by atoms with Gasteiger partial charge in [0.15, 0.2) is 0 Å². The largest absolute Gasteiger partial charge is 0.493 e. The lowest BCUT2D eigenvalue weighted by molar-refractivity contribution is -0.155. The van der Waals surface area contributed by atoms with Crippen molar-refractivity contribution in [3.8, 4) is 11.5 Å². The summed E-state index contributed by atoms with van der Waals surface area (Å²) in [6, 6.07) is 36.1. The summed E-state index contributed by atoms with van der Waals surface area (Å²) in [5.74, 6) is 3.30. The van der Waals surface area contributed by atoms with E-state index in [0.717, 1.165) is 49.4 Å². The van der Waals surface area contributed by atoms with Crippen LogP contribution in [0.2, 0.25) is 0 Å². The molecule has 0 radical (unpaired) electrons. The lowest BCUT2D eigenvalue weighted by Crippen LogP contribution is -2.35. The van der Waals surface area contributed by atoms with Crippen LogP contribution in [0.3, 0.4) is 0 Å². The average Bonchev–Trinajstić information content (AvgIpc) is 3.02. The molecule has 0 unspecified atom stereocenters. The Hall–Kier alpha value is -4.05. The summed E-state index contributed by atoms with van der Waals surface area (Å²) < 4.78 is 17.8. The van der Waals surface area contributed by atoms with Crippen LogP contribution in [0.4, 0.5) is 0 Å². The Morgan fingerprint density at radius 2 is 1.49 bits per heavy atom. The molecular weight excluding hydrogens is 532 g/mol. The van der Waals surface area contributed by atoms with Crippen molar-refractivity contribution in [2.75, 3.05) is 13.2 Å². The number of hydrogen-bond acceptors (Lipinski definition) is 4. The number of fused-ring (bicyclic) bond motifs is 1. The molecular formula is C39H42O4. The average molecular weight is 575 g/mol. The van der Waals surface area contributed by atoms with Gasteiger partial charge in [-0.15, -0.1) is 0 Å². The van der Waals surface area contributed by atoms with E-state index >= 15 is 0 Å². The molecule has 0 aromatic heterocycles. The third kappa shape index (κ3) is 7.13. The van der Waals surface area contributed by atoms with Crippen molar-refractivity contribution in [2.45, 2.75) is 58.0 Å². The molecule has 0 aliphatic heterocycles. The fourth-order valence-electron chi connectivity index (χ4n) is 6.52. The Labute approximate surface area is 256 Å². The van der Waals surface area contributed by atoms with Gasteiger partial charge in [0, 0.05) is 5.92 Å². The van der Waals surface area contributed by atoms with Crippen LogP contribution in [0.1, 0.15) is 72.8 Å². The highest BCUT2D eigenvalue weighted by Gasteiger charge is 2.36. The zero-order chi connectivity index (χ0) is 29.6. The molecule has 0 heterocycles. The first-order chi connectivity index (χ1) is 21.0. The van der Waals surface area contributed by atoms with Gasteiger partial charge in [-0.2, -0.15) is 0 Å². The van der Waals surface area contributed by atoms with Gasteiger partial charge in [-0.05, 0) is 95.5 Å². The highest BCUT2D eigenvalue weighted by Crippen LogP contribution is 2.47. The minimum atomic E-state index is -0.0937. The molecule has 2 aliphatic carbocycles. The van der Waals surface area contributed by atoms with E-state index in [2.05, 4.69) is 86.6 Å². The highest BCUT2D eigenvalue weighted by atomic mass is 16.5. The molecule has 0 bridgehead atoms. The van der Waals surface area contributed by atoms with Gasteiger partial charge < -0.3 is 14.2 Å². The normalized spacial score (nSPS) is 21.0. The van der Waals surface area contributed by atoms with Crippen LogP contribution in [-0.4, -0.2) is 19.2 Å². The number of ether oxygens (including phenoxy) is 3. The number of benzene rings is 4. The molecule has 1 saturated carbocycles. The van der Waals surface area contributed by atoms with E-state index in [9.17, 15) is 4.79 Å². The number of aryl methyl sites for hydroxylation is 1. The van der Waals surface area contributed by atoms with Gasteiger partial charge in [0.2, 0.25) is 0 Å². The summed E-state index contributed by atoms with van der Waals surface area (Å²) in [6.45, 7) is 6.06. The van der Waals surface area contributed by atoms with Crippen molar-refractivity contribution in [1.29, 1.82) is 0 Å². The maximum absolute atomic E-state index is 12.4. The van der Waals surface area contributed by atoms with Gasteiger partial charge in [0.1, 0.15) is 18.1 Å². The van der Waals surface area contributed by atoms with Crippen molar-refractivity contribution in [3.63, 3.8) is 0 Å². The van der Waals surface area contributed by atoms with E-state index in [0.29, 0.717) is 31.0 Å². The van der Waals surface area contributed by atoms with Crippen LogP contribution in [0, 0.1) is 17.8 Å². The maximum Gasteiger partial charge on any atom is 0.309 e. The quantitative estimate of drug-likeness (QED) is 0.168. The second kappa shape index (κ2) is 13.5.